The Balaban J connectivity index is 0.00000128. The first kappa shape index (κ1) is 13.4. The van der Waals surface area contributed by atoms with Gasteiger partial charge in [0.1, 0.15) is 6.54 Å². The van der Waals surface area contributed by atoms with Crippen molar-refractivity contribution < 1.29 is 28.5 Å². The first-order valence-electron chi connectivity index (χ1n) is 5.71. The summed E-state index contributed by atoms with van der Waals surface area (Å²) in [5.41, 5.74) is 2.70. The van der Waals surface area contributed by atoms with Crippen LogP contribution >= 0.6 is 0 Å². The third-order valence-electron chi connectivity index (χ3n) is 2.89. The molecule has 0 spiro atoms. The zero-order chi connectivity index (χ0) is 10.7. The number of hydrogen-bond donors (Lipinski definition) is 0. The minimum Gasteiger partial charge on any atom is -1.00 e. The lowest BCUT2D eigenvalue weighted by atomic mass is 10.2. The van der Waals surface area contributed by atoms with Crippen LogP contribution in [-0.2, 0) is 6.54 Å². The Labute approximate surface area is 115 Å². The van der Waals surface area contributed by atoms with Gasteiger partial charge in [-0.1, -0.05) is 25.5 Å². The van der Waals surface area contributed by atoms with Crippen LogP contribution in [0.1, 0.15) is 25.5 Å². The fourth-order valence-corrected chi connectivity index (χ4v) is 1.98. The molecule has 1 aromatic carbocycles. The summed E-state index contributed by atoms with van der Waals surface area (Å²) in [6.07, 6.45) is 2.50. The molecule has 2 rings (SSSR count). The molecule has 0 atom stereocenters. The van der Waals surface area contributed by atoms with E-state index in [-0.39, 0.29) is 24.0 Å². The molecule has 0 aliphatic carbocycles. The van der Waals surface area contributed by atoms with Crippen molar-refractivity contribution in [1.82, 2.24) is 0 Å². The maximum absolute atomic E-state index is 2.42. The standard InChI is InChI=1S/C14H18N.HI/c1-3-4-11-15-12(2)9-10-13-7-5-6-8-14(13)15;/h5-10H,3-4,11H2,1-2H3;1H/q+1;/p-1. The van der Waals surface area contributed by atoms with E-state index in [0.717, 1.165) is 6.54 Å². The van der Waals surface area contributed by atoms with E-state index in [2.05, 4.69) is 54.8 Å². The summed E-state index contributed by atoms with van der Waals surface area (Å²) in [5.74, 6) is 0. The molecule has 1 heterocycles. The van der Waals surface area contributed by atoms with Gasteiger partial charge in [-0.2, -0.15) is 4.57 Å². The number of unbranched alkanes of at least 4 members (excludes halogenated alkanes) is 1. The first-order chi connectivity index (χ1) is 7.33. The van der Waals surface area contributed by atoms with Crippen molar-refractivity contribution in [1.29, 1.82) is 0 Å². The maximum atomic E-state index is 2.42. The molecule has 1 nitrogen and oxygen atoms in total. The molecule has 0 N–H and O–H groups in total. The molecule has 2 heteroatoms. The molecule has 0 bridgehead atoms. The third kappa shape index (κ3) is 2.73. The van der Waals surface area contributed by atoms with E-state index in [4.69, 9.17) is 0 Å². The summed E-state index contributed by atoms with van der Waals surface area (Å²) in [4.78, 5) is 0. The lowest BCUT2D eigenvalue weighted by Crippen LogP contribution is -3.00. The number of halogens is 1. The monoisotopic (exact) mass is 327 g/mol. The van der Waals surface area contributed by atoms with Crippen LogP contribution in [-0.4, -0.2) is 0 Å². The summed E-state index contributed by atoms with van der Waals surface area (Å²) in [5, 5.41) is 1.33. The summed E-state index contributed by atoms with van der Waals surface area (Å²) >= 11 is 0. The minimum absolute atomic E-state index is 0. The number of aromatic nitrogens is 1. The Hall–Kier alpha value is -0.640. The number of hydrogen-bond acceptors (Lipinski definition) is 0. The summed E-state index contributed by atoms with van der Waals surface area (Å²) in [7, 11) is 0. The molecule has 0 saturated heterocycles. The van der Waals surface area contributed by atoms with Crippen molar-refractivity contribution in [2.75, 3.05) is 0 Å². The van der Waals surface area contributed by atoms with Crippen LogP contribution in [0.15, 0.2) is 36.4 Å². The summed E-state index contributed by atoms with van der Waals surface area (Å²) in [6.45, 7) is 5.55. The number of rotatable bonds is 3. The normalized spacial score (nSPS) is 10.1. The Kier molecular flexibility index (Phi) is 5.19. The number of benzene rings is 1. The Morgan fingerprint density at radius 2 is 1.81 bits per heavy atom. The SMILES string of the molecule is CCCC[n+]1c(C)ccc2ccccc21.[I-]. The predicted molar refractivity (Wildman–Crippen MR) is 63.8 cm³/mol. The van der Waals surface area contributed by atoms with Gasteiger partial charge in [0, 0.05) is 30.9 Å². The van der Waals surface area contributed by atoms with Crippen LogP contribution in [0, 0.1) is 6.92 Å². The van der Waals surface area contributed by atoms with Crippen molar-refractivity contribution in [3.8, 4) is 0 Å². The minimum atomic E-state index is 0. The molecule has 16 heavy (non-hydrogen) atoms. The maximum Gasteiger partial charge on any atom is 0.212 e. The van der Waals surface area contributed by atoms with Crippen molar-refractivity contribution in [2.45, 2.75) is 33.2 Å². The lowest BCUT2D eigenvalue weighted by Gasteiger charge is -2.03. The highest BCUT2D eigenvalue weighted by Gasteiger charge is 2.10. The van der Waals surface area contributed by atoms with Crippen molar-refractivity contribution in [3.05, 3.63) is 42.1 Å². The van der Waals surface area contributed by atoms with Crippen LogP contribution in [0.4, 0.5) is 0 Å². The Morgan fingerprint density at radius 1 is 1.06 bits per heavy atom. The largest absolute Gasteiger partial charge is 1.00 e. The number of para-hydroxylation sites is 1. The highest BCUT2D eigenvalue weighted by atomic mass is 127. The van der Waals surface area contributed by atoms with Gasteiger partial charge in [-0.15, -0.1) is 0 Å². The van der Waals surface area contributed by atoms with Gasteiger partial charge in [0.05, 0.1) is 0 Å². The lowest BCUT2D eigenvalue weighted by molar-refractivity contribution is -0.677. The molecule has 1 aromatic heterocycles. The average molecular weight is 327 g/mol. The predicted octanol–water partition coefficient (Wildman–Crippen LogP) is 0.240. The average Bonchev–Trinajstić information content (AvgIpc) is 2.28. The third-order valence-corrected chi connectivity index (χ3v) is 2.89. The van der Waals surface area contributed by atoms with Gasteiger partial charge in [0.2, 0.25) is 5.52 Å². The Morgan fingerprint density at radius 3 is 2.56 bits per heavy atom. The molecular weight excluding hydrogens is 309 g/mol. The number of nitrogens with zero attached hydrogens (tertiary/aromatic N) is 1. The van der Waals surface area contributed by atoms with Gasteiger partial charge in [-0.3, -0.25) is 0 Å². The zero-order valence-corrected chi connectivity index (χ0v) is 12.1. The van der Waals surface area contributed by atoms with Crippen molar-refractivity contribution >= 4 is 10.9 Å². The highest BCUT2D eigenvalue weighted by Crippen LogP contribution is 2.10. The quantitative estimate of drug-likeness (QED) is 0.562. The second-order valence-electron chi connectivity index (χ2n) is 4.04. The van der Waals surface area contributed by atoms with E-state index in [9.17, 15) is 0 Å². The van der Waals surface area contributed by atoms with Crippen molar-refractivity contribution in [3.63, 3.8) is 0 Å². The van der Waals surface area contributed by atoms with Gasteiger partial charge in [-0.05, 0) is 12.1 Å². The molecule has 0 aliphatic heterocycles. The topological polar surface area (TPSA) is 3.88 Å². The fourth-order valence-electron chi connectivity index (χ4n) is 1.98. The van der Waals surface area contributed by atoms with E-state index in [0.29, 0.717) is 0 Å². The zero-order valence-electron chi connectivity index (χ0n) is 9.91. The number of pyridine rings is 1. The molecule has 2 aromatic rings. The van der Waals surface area contributed by atoms with Crippen LogP contribution in [0.25, 0.3) is 10.9 Å². The van der Waals surface area contributed by atoms with E-state index < -0.39 is 0 Å². The highest BCUT2D eigenvalue weighted by molar-refractivity contribution is 5.75. The number of fused-ring (bicyclic) bond motifs is 1. The molecule has 0 radical (unpaired) electrons. The molecular formula is C14H18IN. The number of aryl methyl sites for hydroxylation is 2. The van der Waals surface area contributed by atoms with Crippen LogP contribution in [0.2, 0.25) is 0 Å². The second kappa shape index (κ2) is 6.18. The summed E-state index contributed by atoms with van der Waals surface area (Å²) < 4.78 is 2.42. The Bertz CT molecular complexity index is 465. The van der Waals surface area contributed by atoms with E-state index >= 15 is 0 Å². The molecule has 0 saturated carbocycles. The second-order valence-corrected chi connectivity index (χ2v) is 4.04. The van der Waals surface area contributed by atoms with Crippen LogP contribution < -0.4 is 28.5 Å². The molecule has 0 fully saturated rings. The van der Waals surface area contributed by atoms with Gasteiger partial charge in [0.15, 0.2) is 5.69 Å². The van der Waals surface area contributed by atoms with Crippen LogP contribution in [0.5, 0.6) is 0 Å². The van der Waals surface area contributed by atoms with Gasteiger partial charge in [0.25, 0.3) is 0 Å². The van der Waals surface area contributed by atoms with Crippen LogP contribution in [0.3, 0.4) is 0 Å². The van der Waals surface area contributed by atoms with E-state index in [1.807, 2.05) is 0 Å². The molecule has 0 unspecified atom stereocenters. The summed E-state index contributed by atoms with van der Waals surface area (Å²) in [6, 6.07) is 13.0. The smallest absolute Gasteiger partial charge is 0.212 e. The molecule has 0 amide bonds. The van der Waals surface area contributed by atoms with E-state index in [1.54, 1.807) is 0 Å². The fraction of sp³-hybridized carbons (Fsp3) is 0.357. The van der Waals surface area contributed by atoms with E-state index in [1.165, 1.54) is 29.4 Å². The van der Waals surface area contributed by atoms with Gasteiger partial charge >= 0.3 is 0 Å². The molecule has 0 aliphatic rings. The van der Waals surface area contributed by atoms with Gasteiger partial charge < -0.3 is 24.0 Å². The first-order valence-corrected chi connectivity index (χ1v) is 5.71. The van der Waals surface area contributed by atoms with Gasteiger partial charge in [-0.25, -0.2) is 0 Å². The van der Waals surface area contributed by atoms with Crippen molar-refractivity contribution in [2.24, 2.45) is 0 Å². The molecule has 86 valence electrons.